The van der Waals surface area contributed by atoms with E-state index in [9.17, 15) is 12.8 Å². The molecule has 3 aromatic rings. The lowest BCUT2D eigenvalue weighted by molar-refractivity contribution is 0.306. The Morgan fingerprint density at radius 1 is 0.966 bits per heavy atom. The Balaban J connectivity index is 1.57. The molecule has 0 saturated heterocycles. The van der Waals surface area contributed by atoms with E-state index in [-0.39, 0.29) is 17.3 Å². The summed E-state index contributed by atoms with van der Waals surface area (Å²) < 4.78 is 51.8. The van der Waals surface area contributed by atoms with Gasteiger partial charge in [0.05, 0.1) is 16.5 Å². The van der Waals surface area contributed by atoms with Crippen LogP contribution in [0.25, 0.3) is 0 Å². The molecule has 3 rings (SSSR count). The third-order valence-corrected chi connectivity index (χ3v) is 6.16. The summed E-state index contributed by atoms with van der Waals surface area (Å²) in [6.07, 6.45) is 0. The van der Waals surface area contributed by atoms with Crippen LogP contribution in [-0.2, 0) is 23.2 Å². The van der Waals surface area contributed by atoms with Crippen LogP contribution in [0.1, 0.15) is 11.1 Å². The van der Waals surface area contributed by atoms with Crippen molar-refractivity contribution in [2.75, 3.05) is 7.11 Å². The number of benzene rings is 3. The largest absolute Gasteiger partial charge is 0.496 e. The van der Waals surface area contributed by atoms with Gasteiger partial charge >= 0.3 is 0 Å². The van der Waals surface area contributed by atoms with Gasteiger partial charge in [-0.25, -0.2) is 17.5 Å². The van der Waals surface area contributed by atoms with E-state index in [1.807, 2.05) is 0 Å². The second-order valence-corrected chi connectivity index (χ2v) is 8.80. The Bertz CT molecular complexity index is 1070. The topological polar surface area (TPSA) is 64.6 Å². The number of methoxy groups -OCH3 is 1. The molecule has 8 heteroatoms. The fourth-order valence-electron chi connectivity index (χ4n) is 2.53. The minimum Gasteiger partial charge on any atom is -0.496 e. The third kappa shape index (κ3) is 5.79. The number of ether oxygens (including phenoxy) is 2. The molecule has 0 atom stereocenters. The molecule has 29 heavy (non-hydrogen) atoms. The Morgan fingerprint density at radius 2 is 1.62 bits per heavy atom. The molecule has 152 valence electrons. The summed E-state index contributed by atoms with van der Waals surface area (Å²) in [5.41, 5.74) is 1.64. The molecule has 0 aromatic heterocycles. The van der Waals surface area contributed by atoms with E-state index in [4.69, 9.17) is 9.47 Å². The predicted octanol–water partition coefficient (Wildman–Crippen LogP) is 4.65. The zero-order chi connectivity index (χ0) is 20.9. The molecule has 0 aliphatic carbocycles. The van der Waals surface area contributed by atoms with Crippen molar-refractivity contribution in [1.29, 1.82) is 0 Å². The number of hydrogen-bond donors (Lipinski definition) is 1. The van der Waals surface area contributed by atoms with E-state index in [1.54, 1.807) is 42.5 Å². The van der Waals surface area contributed by atoms with Crippen molar-refractivity contribution in [2.45, 2.75) is 18.0 Å². The van der Waals surface area contributed by atoms with Gasteiger partial charge in [0.25, 0.3) is 0 Å². The van der Waals surface area contributed by atoms with Crippen molar-refractivity contribution in [3.63, 3.8) is 0 Å². The van der Waals surface area contributed by atoms with Crippen LogP contribution in [0.5, 0.6) is 11.5 Å². The summed E-state index contributed by atoms with van der Waals surface area (Å²) in [6.45, 7) is 0.461. The number of rotatable bonds is 8. The van der Waals surface area contributed by atoms with E-state index in [0.29, 0.717) is 22.6 Å². The maximum Gasteiger partial charge on any atom is 0.240 e. The third-order valence-electron chi connectivity index (χ3n) is 4.14. The minimum absolute atomic E-state index is 0.143. The van der Waals surface area contributed by atoms with E-state index in [2.05, 4.69) is 20.7 Å². The Kier molecular flexibility index (Phi) is 6.89. The quantitative estimate of drug-likeness (QED) is 0.510. The maximum atomic E-state index is 12.9. The van der Waals surface area contributed by atoms with Gasteiger partial charge in [0.2, 0.25) is 10.0 Å². The molecule has 0 spiro atoms. The van der Waals surface area contributed by atoms with Crippen molar-refractivity contribution in [1.82, 2.24) is 4.72 Å². The summed E-state index contributed by atoms with van der Waals surface area (Å²) >= 11 is 3.29. The first-order chi connectivity index (χ1) is 13.9. The number of nitrogens with one attached hydrogen (secondary N) is 1. The highest BCUT2D eigenvalue weighted by molar-refractivity contribution is 9.10. The summed E-state index contributed by atoms with van der Waals surface area (Å²) in [5, 5.41) is 0. The van der Waals surface area contributed by atoms with Gasteiger partial charge in [-0.15, -0.1) is 0 Å². The summed E-state index contributed by atoms with van der Waals surface area (Å²) in [6, 6.07) is 17.8. The van der Waals surface area contributed by atoms with Gasteiger partial charge in [-0.1, -0.05) is 24.3 Å². The normalized spacial score (nSPS) is 11.3. The molecule has 1 N–H and O–H groups in total. The van der Waals surface area contributed by atoms with Crippen LogP contribution in [0.3, 0.4) is 0 Å². The molecule has 0 heterocycles. The predicted molar refractivity (Wildman–Crippen MR) is 112 cm³/mol. The average molecular weight is 480 g/mol. The Labute approximate surface area is 177 Å². The molecule has 0 saturated carbocycles. The van der Waals surface area contributed by atoms with Gasteiger partial charge in [-0.2, -0.15) is 0 Å². The fourth-order valence-corrected chi connectivity index (χ4v) is 4.26. The van der Waals surface area contributed by atoms with E-state index in [0.717, 1.165) is 11.1 Å². The fraction of sp³-hybridized carbons (Fsp3) is 0.143. The highest BCUT2D eigenvalue weighted by Crippen LogP contribution is 2.27. The van der Waals surface area contributed by atoms with E-state index in [1.165, 1.54) is 31.4 Å². The highest BCUT2D eigenvalue weighted by atomic mass is 79.9. The van der Waals surface area contributed by atoms with Crippen LogP contribution in [0, 0.1) is 5.82 Å². The monoisotopic (exact) mass is 479 g/mol. The van der Waals surface area contributed by atoms with Crippen molar-refractivity contribution in [3.05, 3.63) is 88.1 Å². The van der Waals surface area contributed by atoms with Crippen molar-refractivity contribution in [3.8, 4) is 11.5 Å². The van der Waals surface area contributed by atoms with Crippen LogP contribution >= 0.6 is 15.9 Å². The van der Waals surface area contributed by atoms with Gasteiger partial charge in [-0.3, -0.25) is 0 Å². The standard InChI is InChI=1S/C21H19BrFNO4S/c1-27-21-11-10-19(12-20(21)22)29(25,26)24-13-15-4-8-18(9-5-15)28-14-16-2-6-17(23)7-3-16/h2-12,24H,13-14H2,1H3. The minimum atomic E-state index is -3.66. The molecule has 0 unspecified atom stereocenters. The zero-order valence-electron chi connectivity index (χ0n) is 15.6. The van der Waals surface area contributed by atoms with Crippen LogP contribution in [0.2, 0.25) is 0 Å². The van der Waals surface area contributed by atoms with Gasteiger partial charge in [0, 0.05) is 6.54 Å². The zero-order valence-corrected chi connectivity index (χ0v) is 18.0. The summed E-state index contributed by atoms with van der Waals surface area (Å²) in [5.74, 6) is 0.905. The Hall–Kier alpha value is -2.42. The lowest BCUT2D eigenvalue weighted by Gasteiger charge is -2.10. The summed E-state index contributed by atoms with van der Waals surface area (Å²) in [4.78, 5) is 0.143. The van der Waals surface area contributed by atoms with Crippen molar-refractivity contribution >= 4 is 26.0 Å². The molecule has 0 fully saturated rings. The first kappa shape index (κ1) is 21.3. The number of sulfonamides is 1. The second kappa shape index (κ2) is 9.39. The molecule has 0 bridgehead atoms. The van der Waals surface area contributed by atoms with Crippen LogP contribution in [0.15, 0.2) is 76.1 Å². The van der Waals surface area contributed by atoms with Crippen LogP contribution in [-0.4, -0.2) is 15.5 Å². The first-order valence-corrected chi connectivity index (χ1v) is 10.9. The van der Waals surface area contributed by atoms with Crippen molar-refractivity contribution < 1.29 is 22.3 Å². The van der Waals surface area contributed by atoms with Crippen molar-refractivity contribution in [2.24, 2.45) is 0 Å². The average Bonchev–Trinajstić information content (AvgIpc) is 2.72. The SMILES string of the molecule is COc1ccc(S(=O)(=O)NCc2ccc(OCc3ccc(F)cc3)cc2)cc1Br. The van der Waals surface area contributed by atoms with Crippen LogP contribution < -0.4 is 14.2 Å². The number of halogens is 2. The maximum absolute atomic E-state index is 12.9. The molecule has 0 aliphatic rings. The van der Waals surface area contributed by atoms with E-state index < -0.39 is 10.0 Å². The van der Waals surface area contributed by atoms with Gasteiger partial charge in [0.15, 0.2) is 0 Å². The smallest absolute Gasteiger partial charge is 0.240 e. The van der Waals surface area contributed by atoms with Crippen LogP contribution in [0.4, 0.5) is 4.39 Å². The first-order valence-electron chi connectivity index (χ1n) is 8.67. The highest BCUT2D eigenvalue weighted by Gasteiger charge is 2.15. The summed E-state index contributed by atoms with van der Waals surface area (Å²) in [7, 11) is -2.15. The molecule has 0 radical (unpaired) electrons. The number of hydrogen-bond acceptors (Lipinski definition) is 4. The van der Waals surface area contributed by atoms with Gasteiger partial charge in [-0.05, 0) is 69.5 Å². The lowest BCUT2D eigenvalue weighted by Crippen LogP contribution is -2.23. The Morgan fingerprint density at radius 3 is 2.24 bits per heavy atom. The lowest BCUT2D eigenvalue weighted by atomic mass is 10.2. The molecular formula is C21H19BrFNO4S. The second-order valence-electron chi connectivity index (χ2n) is 6.18. The molecule has 3 aromatic carbocycles. The van der Waals surface area contributed by atoms with Gasteiger partial charge in [0.1, 0.15) is 23.9 Å². The molecule has 0 aliphatic heterocycles. The molecule has 0 amide bonds. The molecular weight excluding hydrogens is 461 g/mol. The molecule has 5 nitrogen and oxygen atoms in total. The van der Waals surface area contributed by atoms with E-state index >= 15 is 0 Å². The van der Waals surface area contributed by atoms with Gasteiger partial charge < -0.3 is 9.47 Å².